The van der Waals surface area contributed by atoms with E-state index in [-0.39, 0.29) is 11.9 Å². The molecule has 0 aliphatic carbocycles. The molecule has 0 saturated carbocycles. The van der Waals surface area contributed by atoms with E-state index in [0.29, 0.717) is 11.4 Å². The van der Waals surface area contributed by atoms with Crippen LogP contribution in [0.4, 0.5) is 5.82 Å². The first-order valence-corrected chi connectivity index (χ1v) is 8.15. The molecule has 2 aromatic heterocycles. The normalized spacial score (nSPS) is 17.7. The van der Waals surface area contributed by atoms with E-state index in [1.165, 1.54) is 0 Å². The Hall–Kier alpha value is -2.41. The minimum Gasteiger partial charge on any atom is -0.384 e. The van der Waals surface area contributed by atoms with Crippen molar-refractivity contribution in [2.45, 2.75) is 25.4 Å². The molecule has 0 spiro atoms. The number of nitrogens with two attached hydrogens (primary N) is 1. The first kappa shape index (κ1) is 16.4. The summed E-state index contributed by atoms with van der Waals surface area (Å²) in [6.45, 7) is 1.57. The Morgan fingerprint density at radius 2 is 2.21 bits per heavy atom. The van der Waals surface area contributed by atoms with Crippen LogP contribution < -0.4 is 5.73 Å². The Kier molecular flexibility index (Phi) is 4.53. The van der Waals surface area contributed by atoms with Crippen LogP contribution in [0.3, 0.4) is 0 Å². The summed E-state index contributed by atoms with van der Waals surface area (Å²) in [5.74, 6) is 0.410. The summed E-state index contributed by atoms with van der Waals surface area (Å²) in [6.07, 6.45) is 3.47. The van der Waals surface area contributed by atoms with Crippen molar-refractivity contribution in [3.63, 3.8) is 0 Å². The summed E-state index contributed by atoms with van der Waals surface area (Å²) in [5, 5.41) is 4.65. The molecule has 7 heteroatoms. The SMILES string of the molecule is CN(C)Cc1cc([C@@H]2CCCN2C(=O)c2ccc(N)nc2)nn1C. The summed E-state index contributed by atoms with van der Waals surface area (Å²) >= 11 is 0. The molecule has 3 rings (SSSR count). The number of amides is 1. The van der Waals surface area contributed by atoms with Crippen molar-refractivity contribution in [3.8, 4) is 0 Å². The fraction of sp³-hybridized carbons (Fsp3) is 0.471. The van der Waals surface area contributed by atoms with Gasteiger partial charge in [0.05, 0.1) is 23.0 Å². The molecule has 3 heterocycles. The molecule has 7 nitrogen and oxygen atoms in total. The quantitative estimate of drug-likeness (QED) is 0.918. The Balaban J connectivity index is 1.83. The molecule has 1 saturated heterocycles. The highest BCUT2D eigenvalue weighted by atomic mass is 16.2. The number of aryl methyl sites for hydroxylation is 1. The zero-order valence-electron chi connectivity index (χ0n) is 14.4. The van der Waals surface area contributed by atoms with Gasteiger partial charge < -0.3 is 15.5 Å². The number of carbonyl (C=O) groups is 1. The average Bonchev–Trinajstić information content (AvgIpc) is 3.14. The van der Waals surface area contributed by atoms with Crippen molar-refractivity contribution in [2.75, 3.05) is 26.4 Å². The molecule has 1 fully saturated rings. The second-order valence-corrected chi connectivity index (χ2v) is 6.55. The molecule has 2 N–H and O–H groups in total. The van der Waals surface area contributed by atoms with Crippen molar-refractivity contribution < 1.29 is 4.79 Å². The van der Waals surface area contributed by atoms with Crippen LogP contribution in [-0.4, -0.2) is 51.1 Å². The maximum Gasteiger partial charge on any atom is 0.255 e. The van der Waals surface area contributed by atoms with Crippen LogP contribution in [0.5, 0.6) is 0 Å². The highest BCUT2D eigenvalue weighted by molar-refractivity contribution is 5.94. The van der Waals surface area contributed by atoms with E-state index in [4.69, 9.17) is 5.73 Å². The van der Waals surface area contributed by atoms with Crippen molar-refractivity contribution in [2.24, 2.45) is 7.05 Å². The van der Waals surface area contributed by atoms with Gasteiger partial charge in [-0.2, -0.15) is 5.10 Å². The van der Waals surface area contributed by atoms with Gasteiger partial charge in [-0.15, -0.1) is 0 Å². The number of anilines is 1. The van der Waals surface area contributed by atoms with Gasteiger partial charge in [0.15, 0.2) is 0 Å². The lowest BCUT2D eigenvalue weighted by Crippen LogP contribution is -2.31. The number of carbonyl (C=O) groups excluding carboxylic acids is 1. The summed E-state index contributed by atoms with van der Waals surface area (Å²) < 4.78 is 1.90. The standard InChI is InChI=1S/C17H24N6O/c1-21(2)11-13-9-14(20-22(13)3)15-5-4-8-23(15)17(24)12-6-7-16(18)19-10-12/h6-7,9-10,15H,4-5,8,11H2,1-3H3,(H2,18,19)/t15-/m0/s1. The number of hydrogen-bond acceptors (Lipinski definition) is 5. The highest BCUT2D eigenvalue weighted by Gasteiger charge is 2.32. The van der Waals surface area contributed by atoms with E-state index >= 15 is 0 Å². The lowest BCUT2D eigenvalue weighted by atomic mass is 10.1. The number of pyridine rings is 1. The molecule has 24 heavy (non-hydrogen) atoms. The molecular formula is C17H24N6O. The van der Waals surface area contributed by atoms with Crippen molar-refractivity contribution in [3.05, 3.63) is 41.3 Å². The van der Waals surface area contributed by atoms with Crippen LogP contribution in [0.2, 0.25) is 0 Å². The van der Waals surface area contributed by atoms with Gasteiger partial charge in [0, 0.05) is 26.3 Å². The van der Waals surface area contributed by atoms with Crippen LogP contribution in [0.25, 0.3) is 0 Å². The van der Waals surface area contributed by atoms with Gasteiger partial charge in [0.1, 0.15) is 5.82 Å². The first-order valence-electron chi connectivity index (χ1n) is 8.15. The van der Waals surface area contributed by atoms with Crippen molar-refractivity contribution in [1.82, 2.24) is 24.6 Å². The van der Waals surface area contributed by atoms with E-state index in [0.717, 1.165) is 37.3 Å². The third kappa shape index (κ3) is 3.26. The minimum atomic E-state index is -0.00943. The second-order valence-electron chi connectivity index (χ2n) is 6.55. The molecule has 0 unspecified atom stereocenters. The molecule has 128 valence electrons. The predicted octanol–water partition coefficient (Wildman–Crippen LogP) is 1.44. The fourth-order valence-corrected chi connectivity index (χ4v) is 3.18. The molecule has 0 bridgehead atoms. The Morgan fingerprint density at radius 1 is 1.42 bits per heavy atom. The molecule has 0 radical (unpaired) electrons. The summed E-state index contributed by atoms with van der Waals surface area (Å²) in [7, 11) is 6.02. The van der Waals surface area contributed by atoms with Gasteiger partial charge in [-0.1, -0.05) is 0 Å². The van der Waals surface area contributed by atoms with Gasteiger partial charge in [0.2, 0.25) is 0 Å². The second kappa shape index (κ2) is 6.60. The Labute approximate surface area is 142 Å². The lowest BCUT2D eigenvalue weighted by Gasteiger charge is -2.23. The van der Waals surface area contributed by atoms with E-state index in [1.54, 1.807) is 18.3 Å². The zero-order chi connectivity index (χ0) is 17.3. The molecule has 1 atom stereocenters. The maximum absolute atomic E-state index is 12.8. The van der Waals surface area contributed by atoms with Crippen LogP contribution in [0.1, 0.15) is 40.6 Å². The molecular weight excluding hydrogens is 304 g/mol. The van der Waals surface area contributed by atoms with Gasteiger partial charge in [-0.25, -0.2) is 4.98 Å². The molecule has 1 amide bonds. The monoisotopic (exact) mass is 328 g/mol. The van der Waals surface area contributed by atoms with E-state index in [1.807, 2.05) is 30.7 Å². The van der Waals surface area contributed by atoms with Crippen LogP contribution in [-0.2, 0) is 13.6 Å². The number of rotatable bonds is 4. The van der Waals surface area contributed by atoms with Crippen molar-refractivity contribution in [1.29, 1.82) is 0 Å². The highest BCUT2D eigenvalue weighted by Crippen LogP contribution is 2.32. The summed E-state index contributed by atoms with van der Waals surface area (Å²) in [4.78, 5) is 20.8. The first-order chi connectivity index (χ1) is 11.5. The third-order valence-corrected chi connectivity index (χ3v) is 4.36. The van der Waals surface area contributed by atoms with E-state index < -0.39 is 0 Å². The molecule has 2 aromatic rings. The number of nitrogens with zero attached hydrogens (tertiary/aromatic N) is 5. The maximum atomic E-state index is 12.8. The van der Waals surface area contributed by atoms with Gasteiger partial charge in [-0.05, 0) is 45.1 Å². The predicted molar refractivity (Wildman–Crippen MR) is 92.3 cm³/mol. The smallest absolute Gasteiger partial charge is 0.255 e. The van der Waals surface area contributed by atoms with E-state index in [2.05, 4.69) is 21.0 Å². The Bertz CT molecular complexity index is 721. The number of aromatic nitrogens is 3. The molecule has 0 aromatic carbocycles. The van der Waals surface area contributed by atoms with E-state index in [9.17, 15) is 4.79 Å². The van der Waals surface area contributed by atoms with Crippen LogP contribution in [0.15, 0.2) is 24.4 Å². The summed E-state index contributed by atoms with van der Waals surface area (Å²) in [5.41, 5.74) is 8.28. The third-order valence-electron chi connectivity index (χ3n) is 4.36. The van der Waals surface area contributed by atoms with Gasteiger partial charge >= 0.3 is 0 Å². The number of hydrogen-bond donors (Lipinski definition) is 1. The van der Waals surface area contributed by atoms with Crippen molar-refractivity contribution >= 4 is 11.7 Å². The number of nitrogen functional groups attached to an aromatic ring is 1. The topological polar surface area (TPSA) is 80.3 Å². The van der Waals surface area contributed by atoms with Crippen LogP contribution in [0, 0.1) is 0 Å². The van der Waals surface area contributed by atoms with Gasteiger partial charge in [-0.3, -0.25) is 9.48 Å². The number of likely N-dealkylation sites (tertiary alicyclic amines) is 1. The largest absolute Gasteiger partial charge is 0.384 e. The average molecular weight is 328 g/mol. The fourth-order valence-electron chi connectivity index (χ4n) is 3.18. The van der Waals surface area contributed by atoms with Gasteiger partial charge in [0.25, 0.3) is 5.91 Å². The zero-order valence-corrected chi connectivity index (χ0v) is 14.4. The minimum absolute atomic E-state index is 0.00943. The van der Waals surface area contributed by atoms with Crippen LogP contribution >= 0.6 is 0 Å². The molecule has 1 aliphatic heterocycles. The Morgan fingerprint density at radius 3 is 2.88 bits per heavy atom. The lowest BCUT2D eigenvalue weighted by molar-refractivity contribution is 0.0732. The summed E-state index contributed by atoms with van der Waals surface area (Å²) in [6, 6.07) is 5.53. The molecule has 1 aliphatic rings.